The number of nitrogens with zero attached hydrogens (tertiary/aromatic N) is 1. The van der Waals surface area contributed by atoms with Crippen molar-refractivity contribution in [3.63, 3.8) is 0 Å². The highest BCUT2D eigenvalue weighted by molar-refractivity contribution is 5.33. The van der Waals surface area contributed by atoms with E-state index < -0.39 is 0 Å². The van der Waals surface area contributed by atoms with Crippen molar-refractivity contribution in [1.82, 2.24) is 0 Å². The minimum absolute atomic E-state index is 0.283. The average molecular weight is 241 g/mol. The van der Waals surface area contributed by atoms with Crippen LogP contribution in [0.2, 0.25) is 0 Å². The van der Waals surface area contributed by atoms with E-state index in [4.69, 9.17) is 10.00 Å². The summed E-state index contributed by atoms with van der Waals surface area (Å²) in [5.41, 5.74) is 1.10. The molecule has 18 heavy (non-hydrogen) atoms. The van der Waals surface area contributed by atoms with Crippen molar-refractivity contribution < 1.29 is 9.13 Å². The van der Waals surface area contributed by atoms with Gasteiger partial charge in [-0.25, -0.2) is 4.39 Å². The summed E-state index contributed by atoms with van der Waals surface area (Å²) in [6.45, 7) is 0. The molecule has 90 valence electrons. The van der Waals surface area contributed by atoms with E-state index >= 15 is 0 Å². The number of benzene rings is 2. The first-order chi connectivity index (χ1) is 8.78. The molecule has 0 aliphatic heterocycles. The summed E-state index contributed by atoms with van der Waals surface area (Å²) in [5, 5.41) is 8.49. The van der Waals surface area contributed by atoms with Crippen molar-refractivity contribution >= 4 is 0 Å². The number of rotatable bonds is 4. The molecule has 0 N–H and O–H groups in total. The Hall–Kier alpha value is -2.34. The zero-order valence-corrected chi connectivity index (χ0v) is 9.77. The molecule has 2 aromatic rings. The van der Waals surface area contributed by atoms with Gasteiger partial charge in [0.25, 0.3) is 0 Å². The summed E-state index contributed by atoms with van der Waals surface area (Å²) in [7, 11) is 0. The molecule has 2 aromatic carbocycles. The summed E-state index contributed by atoms with van der Waals surface area (Å²) in [6, 6.07) is 15.5. The Balaban J connectivity index is 2.02. The normalized spacial score (nSPS) is 9.78. The summed E-state index contributed by atoms with van der Waals surface area (Å²) >= 11 is 0. The van der Waals surface area contributed by atoms with Crippen LogP contribution in [0.1, 0.15) is 12.0 Å². The highest BCUT2D eigenvalue weighted by Crippen LogP contribution is 2.22. The second-order valence-electron chi connectivity index (χ2n) is 3.86. The minimum Gasteiger partial charge on any atom is -0.457 e. The first-order valence-corrected chi connectivity index (χ1v) is 5.67. The van der Waals surface area contributed by atoms with Gasteiger partial charge in [0.05, 0.1) is 6.07 Å². The van der Waals surface area contributed by atoms with Crippen molar-refractivity contribution in [2.75, 3.05) is 0 Å². The molecule has 0 spiro atoms. The molecule has 2 nitrogen and oxygen atoms in total. The summed E-state index contributed by atoms with van der Waals surface area (Å²) in [5.74, 6) is 1.01. The third-order valence-corrected chi connectivity index (χ3v) is 2.50. The van der Waals surface area contributed by atoms with Crippen LogP contribution in [0.5, 0.6) is 11.5 Å². The fraction of sp³-hybridized carbons (Fsp3) is 0.133. The average Bonchev–Trinajstić information content (AvgIpc) is 2.41. The predicted molar refractivity (Wildman–Crippen MR) is 66.9 cm³/mol. The Bertz CT molecular complexity index is 540. The Morgan fingerprint density at radius 2 is 1.50 bits per heavy atom. The van der Waals surface area contributed by atoms with Gasteiger partial charge in [-0.1, -0.05) is 12.1 Å². The third kappa shape index (κ3) is 3.33. The first-order valence-electron chi connectivity index (χ1n) is 5.67. The van der Waals surface area contributed by atoms with Gasteiger partial charge in [0.1, 0.15) is 17.3 Å². The van der Waals surface area contributed by atoms with Gasteiger partial charge in [-0.3, -0.25) is 0 Å². The molecule has 0 heterocycles. The maximum Gasteiger partial charge on any atom is 0.127 e. The van der Waals surface area contributed by atoms with E-state index in [2.05, 4.69) is 6.07 Å². The molecule has 0 unspecified atom stereocenters. The SMILES string of the molecule is N#CCCc1ccc(Oc2ccc(F)cc2)cc1. The third-order valence-electron chi connectivity index (χ3n) is 2.50. The highest BCUT2D eigenvalue weighted by atomic mass is 19.1. The molecule has 0 aliphatic carbocycles. The fourth-order valence-corrected chi connectivity index (χ4v) is 1.56. The van der Waals surface area contributed by atoms with Crippen LogP contribution in [0.4, 0.5) is 4.39 Å². The van der Waals surface area contributed by atoms with Crippen molar-refractivity contribution in [2.45, 2.75) is 12.8 Å². The predicted octanol–water partition coefficient (Wildman–Crippen LogP) is 4.07. The van der Waals surface area contributed by atoms with E-state index in [9.17, 15) is 4.39 Å². The fourth-order valence-electron chi connectivity index (χ4n) is 1.56. The van der Waals surface area contributed by atoms with Crippen LogP contribution < -0.4 is 4.74 Å². The van der Waals surface area contributed by atoms with Gasteiger partial charge in [0, 0.05) is 6.42 Å². The van der Waals surface area contributed by atoms with Gasteiger partial charge in [0.2, 0.25) is 0 Å². The molecular formula is C15H12FNO. The number of aryl methyl sites for hydroxylation is 1. The lowest BCUT2D eigenvalue weighted by atomic mass is 10.1. The van der Waals surface area contributed by atoms with Crippen LogP contribution in [0.3, 0.4) is 0 Å². The number of ether oxygens (including phenoxy) is 1. The lowest BCUT2D eigenvalue weighted by Gasteiger charge is -2.06. The Labute approximate surface area is 105 Å². The van der Waals surface area contributed by atoms with E-state index in [-0.39, 0.29) is 5.82 Å². The molecule has 0 atom stereocenters. The lowest BCUT2D eigenvalue weighted by molar-refractivity contribution is 0.480. The lowest BCUT2D eigenvalue weighted by Crippen LogP contribution is -1.87. The van der Waals surface area contributed by atoms with Crippen molar-refractivity contribution in [1.29, 1.82) is 5.26 Å². The topological polar surface area (TPSA) is 33.0 Å². The van der Waals surface area contributed by atoms with Crippen LogP contribution in [-0.2, 0) is 6.42 Å². The zero-order chi connectivity index (χ0) is 12.8. The molecule has 2 rings (SSSR count). The van der Waals surface area contributed by atoms with E-state index in [1.54, 1.807) is 12.1 Å². The van der Waals surface area contributed by atoms with Crippen molar-refractivity contribution in [2.24, 2.45) is 0 Å². The maximum atomic E-state index is 12.7. The molecule has 0 radical (unpaired) electrons. The number of nitriles is 1. The monoisotopic (exact) mass is 241 g/mol. The standard InChI is InChI=1S/C15H12FNO/c16-13-5-9-15(10-6-13)18-14-7-3-12(4-8-14)2-1-11-17/h3-10H,1-2H2. The van der Waals surface area contributed by atoms with Gasteiger partial charge >= 0.3 is 0 Å². The number of hydrogen-bond donors (Lipinski definition) is 0. The van der Waals surface area contributed by atoms with E-state index in [0.29, 0.717) is 17.9 Å². The minimum atomic E-state index is -0.283. The van der Waals surface area contributed by atoms with Gasteiger partial charge in [0.15, 0.2) is 0 Å². The summed E-state index contributed by atoms with van der Waals surface area (Å²) in [6.07, 6.45) is 1.26. The van der Waals surface area contributed by atoms with Gasteiger partial charge in [-0.15, -0.1) is 0 Å². The Morgan fingerprint density at radius 3 is 2.06 bits per heavy atom. The van der Waals surface area contributed by atoms with Crippen molar-refractivity contribution in [3.05, 3.63) is 59.9 Å². The first kappa shape index (κ1) is 12.1. The molecule has 0 aromatic heterocycles. The molecular weight excluding hydrogens is 229 g/mol. The van der Waals surface area contributed by atoms with Crippen LogP contribution in [0.25, 0.3) is 0 Å². The maximum absolute atomic E-state index is 12.7. The summed E-state index contributed by atoms with van der Waals surface area (Å²) < 4.78 is 18.3. The highest BCUT2D eigenvalue weighted by Gasteiger charge is 1.98. The van der Waals surface area contributed by atoms with E-state index in [1.165, 1.54) is 12.1 Å². The molecule has 0 amide bonds. The molecule has 3 heteroatoms. The molecule has 0 saturated carbocycles. The smallest absolute Gasteiger partial charge is 0.127 e. The largest absolute Gasteiger partial charge is 0.457 e. The second-order valence-corrected chi connectivity index (χ2v) is 3.86. The van der Waals surface area contributed by atoms with Crippen LogP contribution in [0.15, 0.2) is 48.5 Å². The van der Waals surface area contributed by atoms with E-state index in [1.807, 2.05) is 24.3 Å². The van der Waals surface area contributed by atoms with Crippen LogP contribution in [0, 0.1) is 17.1 Å². The van der Waals surface area contributed by atoms with E-state index in [0.717, 1.165) is 12.0 Å². The molecule has 0 saturated heterocycles. The van der Waals surface area contributed by atoms with Crippen LogP contribution >= 0.6 is 0 Å². The van der Waals surface area contributed by atoms with Crippen molar-refractivity contribution in [3.8, 4) is 17.6 Å². The Kier molecular flexibility index (Phi) is 3.93. The second kappa shape index (κ2) is 5.83. The molecule has 0 bridgehead atoms. The van der Waals surface area contributed by atoms with Crippen LogP contribution in [-0.4, -0.2) is 0 Å². The summed E-state index contributed by atoms with van der Waals surface area (Å²) in [4.78, 5) is 0. The quantitative estimate of drug-likeness (QED) is 0.808. The molecule has 0 fully saturated rings. The zero-order valence-electron chi connectivity index (χ0n) is 9.77. The molecule has 0 aliphatic rings. The van der Waals surface area contributed by atoms with Gasteiger partial charge in [-0.05, 0) is 48.4 Å². The van der Waals surface area contributed by atoms with Gasteiger partial charge < -0.3 is 4.74 Å². The number of hydrogen-bond acceptors (Lipinski definition) is 2. The Morgan fingerprint density at radius 1 is 0.944 bits per heavy atom. The number of halogens is 1. The van der Waals surface area contributed by atoms with Gasteiger partial charge in [-0.2, -0.15) is 5.26 Å².